The van der Waals surface area contributed by atoms with E-state index in [1.807, 2.05) is 36.4 Å². The van der Waals surface area contributed by atoms with E-state index in [1.165, 1.54) is 4.90 Å². The lowest BCUT2D eigenvalue weighted by Gasteiger charge is -2.21. The molecule has 2 atom stereocenters. The first-order chi connectivity index (χ1) is 13.8. The number of ether oxygens (including phenoxy) is 2. The highest BCUT2D eigenvalue weighted by Gasteiger charge is 2.36. The number of carbonyl (C=O) groups is 1. The van der Waals surface area contributed by atoms with E-state index in [0.717, 1.165) is 22.5 Å². The van der Waals surface area contributed by atoms with Gasteiger partial charge in [0.05, 0.1) is 24.5 Å². The minimum atomic E-state index is -0.716. The van der Waals surface area contributed by atoms with Gasteiger partial charge in [0.1, 0.15) is 5.75 Å². The number of hydrogen-bond acceptors (Lipinski definition) is 5. The normalized spacial score (nSPS) is 18.0. The fourth-order valence-electron chi connectivity index (χ4n) is 3.87. The lowest BCUT2D eigenvalue weighted by Crippen LogP contribution is -2.23. The summed E-state index contributed by atoms with van der Waals surface area (Å²) in [5.74, 6) is 1.00. The summed E-state index contributed by atoms with van der Waals surface area (Å²) in [7, 11) is 5.02. The Bertz CT molecular complexity index is 1100. The number of nitrogens with zero attached hydrogens (tertiary/aromatic N) is 3. The van der Waals surface area contributed by atoms with Crippen molar-refractivity contribution in [2.45, 2.75) is 32.5 Å². The number of rotatable bonds is 4. The Morgan fingerprint density at radius 1 is 1.28 bits per heavy atom. The van der Waals surface area contributed by atoms with Gasteiger partial charge in [-0.15, -0.1) is 0 Å². The molecule has 1 aliphatic carbocycles. The van der Waals surface area contributed by atoms with E-state index < -0.39 is 12.2 Å². The van der Waals surface area contributed by atoms with Crippen LogP contribution in [0.2, 0.25) is 0 Å². The summed E-state index contributed by atoms with van der Waals surface area (Å²) in [5.41, 5.74) is 4.73. The molecule has 2 aromatic heterocycles. The van der Waals surface area contributed by atoms with Gasteiger partial charge in [-0.05, 0) is 31.5 Å². The van der Waals surface area contributed by atoms with Gasteiger partial charge in [-0.3, -0.25) is 4.79 Å². The van der Waals surface area contributed by atoms with Crippen LogP contribution in [-0.2, 0) is 6.42 Å². The van der Waals surface area contributed by atoms with Gasteiger partial charge in [0.25, 0.3) is 5.91 Å². The Morgan fingerprint density at radius 3 is 2.72 bits per heavy atom. The maximum absolute atomic E-state index is 12.6. The van der Waals surface area contributed by atoms with Crippen LogP contribution in [0.1, 0.15) is 39.0 Å². The van der Waals surface area contributed by atoms with Gasteiger partial charge in [-0.1, -0.05) is 12.1 Å². The number of pyridine rings is 1. The van der Waals surface area contributed by atoms with Crippen molar-refractivity contribution in [1.82, 2.24) is 14.3 Å². The van der Waals surface area contributed by atoms with Crippen LogP contribution in [0, 0.1) is 13.8 Å². The summed E-state index contributed by atoms with van der Waals surface area (Å²) in [4.78, 5) is 18.8. The molecule has 0 aliphatic heterocycles. The standard InChI is InChI=1S/C22H25N3O4/c1-12-13(2)25-11-15(22(27)24(3)4)10-18(21(25)23-12)29-20-16(26)9-14-7-6-8-17(28-5)19(14)20/h6-8,10-11,16,20,26H,9H2,1-5H3. The molecule has 2 unspecified atom stereocenters. The van der Waals surface area contributed by atoms with Gasteiger partial charge in [0, 0.05) is 38.0 Å². The second-order valence-electron chi connectivity index (χ2n) is 7.61. The van der Waals surface area contributed by atoms with Crippen LogP contribution in [-0.4, -0.2) is 52.6 Å². The van der Waals surface area contributed by atoms with Crippen molar-refractivity contribution in [3.05, 3.63) is 58.5 Å². The monoisotopic (exact) mass is 395 g/mol. The number of aliphatic hydroxyl groups excluding tert-OH is 1. The van der Waals surface area contributed by atoms with Crippen LogP contribution in [0.25, 0.3) is 5.65 Å². The number of aryl methyl sites for hydroxylation is 2. The molecule has 0 bridgehead atoms. The van der Waals surface area contributed by atoms with Gasteiger partial charge < -0.3 is 23.9 Å². The predicted octanol–water partition coefficient (Wildman–Crippen LogP) is 2.70. The minimum absolute atomic E-state index is 0.132. The zero-order chi connectivity index (χ0) is 20.9. The summed E-state index contributed by atoms with van der Waals surface area (Å²) in [6, 6.07) is 7.43. The molecule has 7 nitrogen and oxygen atoms in total. The van der Waals surface area contributed by atoms with E-state index in [0.29, 0.717) is 29.1 Å². The molecule has 0 saturated carbocycles. The number of aliphatic hydroxyl groups is 1. The molecule has 0 fully saturated rings. The van der Waals surface area contributed by atoms with Crippen molar-refractivity contribution >= 4 is 11.6 Å². The van der Waals surface area contributed by atoms with Gasteiger partial charge in [-0.25, -0.2) is 4.98 Å². The highest BCUT2D eigenvalue weighted by molar-refractivity contribution is 5.94. The summed E-state index contributed by atoms with van der Waals surface area (Å²) < 4.78 is 13.7. The van der Waals surface area contributed by atoms with Crippen molar-refractivity contribution in [2.24, 2.45) is 0 Å². The molecule has 0 saturated heterocycles. The summed E-state index contributed by atoms with van der Waals surface area (Å²) in [5, 5.41) is 10.7. The molecule has 1 aliphatic rings. The van der Waals surface area contributed by atoms with E-state index >= 15 is 0 Å². The van der Waals surface area contributed by atoms with Gasteiger partial charge in [0.15, 0.2) is 17.5 Å². The molecule has 7 heteroatoms. The first kappa shape index (κ1) is 19.3. The highest BCUT2D eigenvalue weighted by atomic mass is 16.5. The Labute approximate surface area is 169 Å². The van der Waals surface area contributed by atoms with Crippen molar-refractivity contribution < 1.29 is 19.4 Å². The van der Waals surface area contributed by atoms with Crippen LogP contribution < -0.4 is 9.47 Å². The summed E-state index contributed by atoms with van der Waals surface area (Å²) in [6.45, 7) is 3.87. The smallest absolute Gasteiger partial charge is 0.254 e. The fraction of sp³-hybridized carbons (Fsp3) is 0.364. The quantitative estimate of drug-likeness (QED) is 0.735. The lowest BCUT2D eigenvalue weighted by molar-refractivity contribution is 0.0489. The third kappa shape index (κ3) is 3.11. The maximum Gasteiger partial charge on any atom is 0.254 e. The van der Waals surface area contributed by atoms with Gasteiger partial charge >= 0.3 is 0 Å². The summed E-state index contributed by atoms with van der Waals surface area (Å²) in [6.07, 6.45) is 0.939. The van der Waals surface area contributed by atoms with E-state index in [-0.39, 0.29) is 5.91 Å². The SMILES string of the molecule is COc1cccc2c1C(Oc1cc(C(=O)N(C)C)cn3c(C)c(C)nc13)C(O)C2. The second kappa shape index (κ2) is 7.08. The van der Waals surface area contributed by atoms with E-state index in [9.17, 15) is 9.90 Å². The summed E-state index contributed by atoms with van der Waals surface area (Å²) >= 11 is 0. The van der Waals surface area contributed by atoms with Crippen LogP contribution in [0.5, 0.6) is 11.5 Å². The number of methoxy groups -OCH3 is 1. The molecular formula is C22H25N3O4. The Kier molecular flexibility index (Phi) is 4.70. The second-order valence-corrected chi connectivity index (χ2v) is 7.61. The third-order valence-corrected chi connectivity index (χ3v) is 5.51. The van der Waals surface area contributed by atoms with Crippen LogP contribution in [0.3, 0.4) is 0 Å². The number of benzene rings is 1. The fourth-order valence-corrected chi connectivity index (χ4v) is 3.87. The molecular weight excluding hydrogens is 370 g/mol. The van der Waals surface area contributed by atoms with Crippen molar-refractivity contribution in [3.63, 3.8) is 0 Å². The molecule has 0 spiro atoms. The lowest BCUT2D eigenvalue weighted by atomic mass is 10.1. The van der Waals surface area contributed by atoms with E-state index in [4.69, 9.17) is 9.47 Å². The molecule has 1 N–H and O–H groups in total. The predicted molar refractivity (Wildman–Crippen MR) is 109 cm³/mol. The number of hydrogen-bond donors (Lipinski definition) is 1. The first-order valence-corrected chi connectivity index (χ1v) is 9.53. The average molecular weight is 395 g/mol. The van der Waals surface area contributed by atoms with Crippen molar-refractivity contribution in [1.29, 1.82) is 0 Å². The Morgan fingerprint density at radius 2 is 2.03 bits per heavy atom. The van der Waals surface area contributed by atoms with E-state index in [2.05, 4.69) is 4.98 Å². The molecule has 152 valence electrons. The molecule has 4 rings (SSSR count). The number of fused-ring (bicyclic) bond motifs is 2. The number of amides is 1. The van der Waals surface area contributed by atoms with Crippen LogP contribution >= 0.6 is 0 Å². The molecule has 1 aromatic carbocycles. The van der Waals surface area contributed by atoms with Crippen LogP contribution in [0.15, 0.2) is 30.5 Å². The van der Waals surface area contributed by atoms with Crippen LogP contribution in [0.4, 0.5) is 0 Å². The molecule has 29 heavy (non-hydrogen) atoms. The highest BCUT2D eigenvalue weighted by Crippen LogP contribution is 2.41. The van der Waals surface area contributed by atoms with Crippen molar-refractivity contribution in [2.75, 3.05) is 21.2 Å². The van der Waals surface area contributed by atoms with Crippen molar-refractivity contribution in [3.8, 4) is 11.5 Å². The first-order valence-electron chi connectivity index (χ1n) is 9.53. The van der Waals surface area contributed by atoms with E-state index in [1.54, 1.807) is 33.5 Å². The topological polar surface area (TPSA) is 76.3 Å². The Balaban J connectivity index is 1.85. The maximum atomic E-state index is 12.6. The largest absolute Gasteiger partial charge is 0.496 e. The average Bonchev–Trinajstić information content (AvgIpc) is 3.17. The zero-order valence-electron chi connectivity index (χ0n) is 17.3. The third-order valence-electron chi connectivity index (χ3n) is 5.51. The Hall–Kier alpha value is -3.06. The number of carbonyl (C=O) groups excluding carboxylic acids is 1. The van der Waals surface area contributed by atoms with Gasteiger partial charge in [-0.2, -0.15) is 0 Å². The molecule has 0 radical (unpaired) electrons. The van der Waals surface area contributed by atoms with Gasteiger partial charge in [0.2, 0.25) is 0 Å². The zero-order valence-corrected chi connectivity index (χ0v) is 17.3. The minimum Gasteiger partial charge on any atom is -0.496 e. The molecule has 3 aromatic rings. The molecule has 2 heterocycles. The number of aromatic nitrogens is 2. The molecule has 1 amide bonds. The number of imidazole rings is 1.